The van der Waals surface area contributed by atoms with Crippen molar-refractivity contribution in [2.24, 2.45) is 0 Å². The Hall–Kier alpha value is -2.10. The molecular formula is C14H17NO3. The van der Waals surface area contributed by atoms with Crippen LogP contribution in [0.3, 0.4) is 0 Å². The van der Waals surface area contributed by atoms with E-state index < -0.39 is 0 Å². The van der Waals surface area contributed by atoms with E-state index in [1.165, 1.54) is 6.08 Å². The van der Waals surface area contributed by atoms with Crippen molar-refractivity contribution >= 4 is 12.2 Å². The van der Waals surface area contributed by atoms with Crippen molar-refractivity contribution in [3.63, 3.8) is 0 Å². The van der Waals surface area contributed by atoms with Gasteiger partial charge >= 0.3 is 0 Å². The summed E-state index contributed by atoms with van der Waals surface area (Å²) in [6, 6.07) is 6.96. The van der Waals surface area contributed by atoms with Gasteiger partial charge in [-0.3, -0.25) is 9.59 Å². The molecule has 0 saturated heterocycles. The van der Waals surface area contributed by atoms with Crippen LogP contribution in [-0.4, -0.2) is 25.3 Å². The molecule has 0 heterocycles. The molecule has 1 amide bonds. The molecule has 0 fully saturated rings. The third kappa shape index (κ3) is 5.30. The van der Waals surface area contributed by atoms with Gasteiger partial charge in [0, 0.05) is 12.1 Å². The molecule has 18 heavy (non-hydrogen) atoms. The first-order chi connectivity index (χ1) is 8.76. The summed E-state index contributed by atoms with van der Waals surface area (Å²) >= 11 is 0. The monoisotopic (exact) mass is 247 g/mol. The Labute approximate surface area is 107 Å². The van der Waals surface area contributed by atoms with E-state index in [9.17, 15) is 9.59 Å². The minimum absolute atomic E-state index is 0.152. The highest BCUT2D eigenvalue weighted by Gasteiger charge is 1.96. The zero-order chi connectivity index (χ0) is 13.2. The standard InChI is InChI=1S/C14H17NO3/c1-2-14(17)15-9-3-4-10-18-13-7-5-12(11-16)6-8-13/h2,5-8,11H,1,3-4,9-10H2,(H,15,17). The van der Waals surface area contributed by atoms with E-state index in [0.717, 1.165) is 24.9 Å². The van der Waals surface area contributed by atoms with Gasteiger partial charge in [-0.1, -0.05) is 6.58 Å². The van der Waals surface area contributed by atoms with Gasteiger partial charge in [0.15, 0.2) is 0 Å². The van der Waals surface area contributed by atoms with Crippen LogP contribution in [0.1, 0.15) is 23.2 Å². The lowest BCUT2D eigenvalue weighted by molar-refractivity contribution is -0.116. The summed E-state index contributed by atoms with van der Waals surface area (Å²) < 4.78 is 5.49. The van der Waals surface area contributed by atoms with Gasteiger partial charge in [-0.15, -0.1) is 0 Å². The smallest absolute Gasteiger partial charge is 0.243 e. The average Bonchev–Trinajstić information content (AvgIpc) is 2.43. The van der Waals surface area contributed by atoms with Crippen LogP contribution in [0.25, 0.3) is 0 Å². The molecule has 1 aromatic carbocycles. The Morgan fingerprint density at radius 3 is 2.61 bits per heavy atom. The second-order valence-electron chi connectivity index (χ2n) is 3.74. The van der Waals surface area contributed by atoms with E-state index in [2.05, 4.69) is 11.9 Å². The SMILES string of the molecule is C=CC(=O)NCCCCOc1ccc(C=O)cc1. The molecule has 4 nitrogen and oxygen atoms in total. The molecule has 0 radical (unpaired) electrons. The Kier molecular flexibility index (Phi) is 6.25. The minimum Gasteiger partial charge on any atom is -0.494 e. The lowest BCUT2D eigenvalue weighted by Gasteiger charge is -2.06. The van der Waals surface area contributed by atoms with Gasteiger partial charge in [-0.25, -0.2) is 0 Å². The first-order valence-corrected chi connectivity index (χ1v) is 5.84. The van der Waals surface area contributed by atoms with E-state index in [0.29, 0.717) is 18.7 Å². The van der Waals surface area contributed by atoms with Crippen molar-refractivity contribution in [1.29, 1.82) is 0 Å². The van der Waals surface area contributed by atoms with Gasteiger partial charge in [0.1, 0.15) is 12.0 Å². The van der Waals surface area contributed by atoms with Crippen LogP contribution in [0.5, 0.6) is 5.75 Å². The number of hydrogen-bond donors (Lipinski definition) is 1. The highest BCUT2D eigenvalue weighted by atomic mass is 16.5. The van der Waals surface area contributed by atoms with Crippen molar-refractivity contribution in [1.82, 2.24) is 5.32 Å². The first-order valence-electron chi connectivity index (χ1n) is 5.84. The van der Waals surface area contributed by atoms with Crippen LogP contribution < -0.4 is 10.1 Å². The summed E-state index contributed by atoms with van der Waals surface area (Å²) in [5.74, 6) is 0.594. The third-order valence-electron chi connectivity index (χ3n) is 2.34. The van der Waals surface area contributed by atoms with Gasteiger partial charge in [0.05, 0.1) is 6.61 Å². The molecular weight excluding hydrogens is 230 g/mol. The normalized spacial score (nSPS) is 9.56. The summed E-state index contributed by atoms with van der Waals surface area (Å²) in [7, 11) is 0. The lowest BCUT2D eigenvalue weighted by atomic mass is 10.2. The molecule has 0 unspecified atom stereocenters. The third-order valence-corrected chi connectivity index (χ3v) is 2.34. The predicted octanol–water partition coefficient (Wildman–Crippen LogP) is 1.96. The van der Waals surface area contributed by atoms with Crippen molar-refractivity contribution in [3.8, 4) is 5.75 Å². The van der Waals surface area contributed by atoms with Crippen LogP contribution in [0.2, 0.25) is 0 Å². The van der Waals surface area contributed by atoms with Gasteiger partial charge in [0.2, 0.25) is 5.91 Å². The number of aldehydes is 1. The maximum atomic E-state index is 10.8. The predicted molar refractivity (Wildman–Crippen MR) is 69.8 cm³/mol. The number of carbonyl (C=O) groups is 2. The molecule has 0 atom stereocenters. The number of hydrogen-bond acceptors (Lipinski definition) is 3. The topological polar surface area (TPSA) is 55.4 Å². The summed E-state index contributed by atoms with van der Waals surface area (Å²) in [6.07, 6.45) is 3.76. The molecule has 4 heteroatoms. The number of carbonyl (C=O) groups excluding carboxylic acids is 2. The van der Waals surface area contributed by atoms with E-state index in [1.54, 1.807) is 24.3 Å². The fourth-order valence-corrected chi connectivity index (χ4v) is 1.34. The Balaban J connectivity index is 2.11. The lowest BCUT2D eigenvalue weighted by Crippen LogP contribution is -2.22. The van der Waals surface area contributed by atoms with Crippen molar-refractivity contribution in [2.45, 2.75) is 12.8 Å². The second kappa shape index (κ2) is 8.06. The van der Waals surface area contributed by atoms with Gasteiger partial charge in [-0.05, 0) is 43.2 Å². The van der Waals surface area contributed by atoms with E-state index >= 15 is 0 Å². The molecule has 0 aliphatic rings. The number of rotatable bonds is 8. The molecule has 96 valence electrons. The maximum Gasteiger partial charge on any atom is 0.243 e. The van der Waals surface area contributed by atoms with E-state index in [1.807, 2.05) is 0 Å². The van der Waals surface area contributed by atoms with Crippen molar-refractivity contribution in [2.75, 3.05) is 13.2 Å². The van der Waals surface area contributed by atoms with Gasteiger partial charge in [-0.2, -0.15) is 0 Å². The summed E-state index contributed by atoms with van der Waals surface area (Å²) in [5, 5.41) is 2.69. The number of nitrogens with one attached hydrogen (secondary N) is 1. The molecule has 0 aromatic heterocycles. The van der Waals surface area contributed by atoms with Crippen molar-refractivity contribution < 1.29 is 14.3 Å². The number of amides is 1. The zero-order valence-electron chi connectivity index (χ0n) is 10.2. The van der Waals surface area contributed by atoms with Crippen LogP contribution in [0.15, 0.2) is 36.9 Å². The number of benzene rings is 1. The van der Waals surface area contributed by atoms with Crippen LogP contribution in [-0.2, 0) is 4.79 Å². The van der Waals surface area contributed by atoms with Crippen molar-refractivity contribution in [3.05, 3.63) is 42.5 Å². The number of ether oxygens (including phenoxy) is 1. The van der Waals surface area contributed by atoms with E-state index in [-0.39, 0.29) is 5.91 Å². The van der Waals surface area contributed by atoms with Crippen LogP contribution >= 0.6 is 0 Å². The van der Waals surface area contributed by atoms with Crippen LogP contribution in [0.4, 0.5) is 0 Å². The second-order valence-corrected chi connectivity index (χ2v) is 3.74. The van der Waals surface area contributed by atoms with Gasteiger partial charge in [0.25, 0.3) is 0 Å². The fraction of sp³-hybridized carbons (Fsp3) is 0.286. The summed E-state index contributed by atoms with van der Waals surface area (Å²) in [6.45, 7) is 4.58. The van der Waals surface area contributed by atoms with Gasteiger partial charge < -0.3 is 10.1 Å². The summed E-state index contributed by atoms with van der Waals surface area (Å²) in [5.41, 5.74) is 0.634. The average molecular weight is 247 g/mol. The molecule has 1 rings (SSSR count). The maximum absolute atomic E-state index is 10.8. The quantitative estimate of drug-likeness (QED) is 0.434. The minimum atomic E-state index is -0.152. The first kappa shape index (κ1) is 14.0. The van der Waals surface area contributed by atoms with Crippen LogP contribution in [0, 0.1) is 0 Å². The molecule has 1 N–H and O–H groups in total. The number of unbranched alkanes of at least 4 members (excludes halogenated alkanes) is 1. The molecule has 0 aliphatic carbocycles. The Morgan fingerprint density at radius 1 is 1.28 bits per heavy atom. The highest BCUT2D eigenvalue weighted by Crippen LogP contribution is 2.11. The Morgan fingerprint density at radius 2 is 2.00 bits per heavy atom. The fourth-order valence-electron chi connectivity index (χ4n) is 1.34. The largest absolute Gasteiger partial charge is 0.494 e. The molecule has 0 bridgehead atoms. The van der Waals surface area contributed by atoms with E-state index in [4.69, 9.17) is 4.74 Å². The molecule has 0 spiro atoms. The molecule has 1 aromatic rings. The molecule has 0 aliphatic heterocycles. The highest BCUT2D eigenvalue weighted by molar-refractivity contribution is 5.86. The Bertz CT molecular complexity index is 398. The zero-order valence-corrected chi connectivity index (χ0v) is 10.2. The molecule has 0 saturated carbocycles. The summed E-state index contributed by atoms with van der Waals surface area (Å²) in [4.78, 5) is 21.3.